The van der Waals surface area contributed by atoms with Crippen LogP contribution in [-0.2, 0) is 4.79 Å². The molecule has 1 aromatic heterocycles. The minimum atomic E-state index is -0.889. The topological polar surface area (TPSA) is 75.1 Å². The van der Waals surface area contributed by atoms with E-state index in [1.165, 1.54) is 11.5 Å². The summed E-state index contributed by atoms with van der Waals surface area (Å²) in [6, 6.07) is 5.46. The van der Waals surface area contributed by atoms with Gasteiger partial charge in [-0.25, -0.2) is 0 Å². The Balaban J connectivity index is 2.32. The van der Waals surface area contributed by atoms with E-state index in [9.17, 15) is 4.79 Å². The fourth-order valence-corrected chi connectivity index (χ4v) is 1.77. The van der Waals surface area contributed by atoms with Crippen molar-refractivity contribution in [3.05, 3.63) is 18.2 Å². The number of rotatable bonds is 3. The van der Waals surface area contributed by atoms with Gasteiger partial charge in [0.05, 0.1) is 10.4 Å². The third-order valence-electron chi connectivity index (χ3n) is 1.70. The van der Waals surface area contributed by atoms with Gasteiger partial charge < -0.3 is 10.4 Å². The Kier molecular flexibility index (Phi) is 2.28. The molecule has 0 bridgehead atoms. The number of benzene rings is 1. The summed E-state index contributed by atoms with van der Waals surface area (Å²) < 4.78 is 4.68. The zero-order valence-electron chi connectivity index (χ0n) is 7.10. The molecule has 0 aliphatic heterocycles. The molecule has 5 nitrogen and oxygen atoms in total. The van der Waals surface area contributed by atoms with Crippen LogP contribution in [0, 0.1) is 0 Å². The molecule has 0 aliphatic rings. The van der Waals surface area contributed by atoms with E-state index in [0.29, 0.717) is 0 Å². The molecule has 0 aliphatic carbocycles. The van der Waals surface area contributed by atoms with Crippen LogP contribution >= 0.6 is 11.5 Å². The number of nitrogens with zero attached hydrogens (tertiary/aromatic N) is 2. The molecule has 0 unspecified atom stereocenters. The average Bonchev–Trinajstić information content (AvgIpc) is 2.62. The van der Waals surface area contributed by atoms with Crippen molar-refractivity contribution >= 4 is 33.4 Å². The Morgan fingerprint density at radius 3 is 3.21 bits per heavy atom. The van der Waals surface area contributed by atoms with E-state index in [4.69, 9.17) is 5.11 Å². The maximum absolute atomic E-state index is 10.4. The number of hydrogen-bond donors (Lipinski definition) is 2. The van der Waals surface area contributed by atoms with Gasteiger partial charge >= 0.3 is 5.97 Å². The molecule has 1 aromatic carbocycles. The standard InChI is InChI=1S/C8H7N3O2S/c12-7(13)4-9-5-2-1-3-6-8(5)14-11-10-6/h1-3,9H,4H2,(H,12,13). The first kappa shape index (κ1) is 8.89. The van der Waals surface area contributed by atoms with Crippen LogP contribution < -0.4 is 5.32 Å². The van der Waals surface area contributed by atoms with Gasteiger partial charge in [0.25, 0.3) is 0 Å². The summed E-state index contributed by atoms with van der Waals surface area (Å²) in [5, 5.41) is 15.2. The molecule has 0 radical (unpaired) electrons. The van der Waals surface area contributed by atoms with E-state index >= 15 is 0 Å². The summed E-state index contributed by atoms with van der Waals surface area (Å²) in [4.78, 5) is 10.4. The molecule has 2 rings (SSSR count). The van der Waals surface area contributed by atoms with Crippen molar-refractivity contribution in [2.75, 3.05) is 11.9 Å². The Morgan fingerprint density at radius 1 is 1.57 bits per heavy atom. The molecule has 1 heterocycles. The van der Waals surface area contributed by atoms with Gasteiger partial charge in [-0.3, -0.25) is 4.79 Å². The molecule has 2 aromatic rings. The minimum absolute atomic E-state index is 0.100. The van der Waals surface area contributed by atoms with E-state index in [2.05, 4.69) is 14.9 Å². The number of anilines is 1. The maximum Gasteiger partial charge on any atom is 0.322 e. The van der Waals surface area contributed by atoms with Crippen molar-refractivity contribution in [1.29, 1.82) is 0 Å². The Labute approximate surface area is 83.5 Å². The summed E-state index contributed by atoms with van der Waals surface area (Å²) >= 11 is 1.25. The van der Waals surface area contributed by atoms with Crippen molar-refractivity contribution < 1.29 is 9.90 Å². The van der Waals surface area contributed by atoms with Crippen molar-refractivity contribution in [3.63, 3.8) is 0 Å². The van der Waals surface area contributed by atoms with Gasteiger partial charge in [-0.15, -0.1) is 5.10 Å². The number of hydrogen-bond acceptors (Lipinski definition) is 5. The lowest BCUT2D eigenvalue weighted by molar-refractivity contribution is -0.134. The number of carboxylic acids is 1. The van der Waals surface area contributed by atoms with Crippen LogP contribution in [0.3, 0.4) is 0 Å². The lowest BCUT2D eigenvalue weighted by Crippen LogP contribution is -2.12. The number of aliphatic carboxylic acids is 1. The highest BCUT2D eigenvalue weighted by molar-refractivity contribution is 7.13. The van der Waals surface area contributed by atoms with Crippen molar-refractivity contribution in [2.24, 2.45) is 0 Å². The molecule has 0 amide bonds. The molecule has 14 heavy (non-hydrogen) atoms. The fourth-order valence-electron chi connectivity index (χ4n) is 1.11. The third kappa shape index (κ3) is 1.64. The van der Waals surface area contributed by atoms with Crippen molar-refractivity contribution in [2.45, 2.75) is 0 Å². The van der Waals surface area contributed by atoms with Crippen molar-refractivity contribution in [3.8, 4) is 0 Å². The molecule has 0 atom stereocenters. The quantitative estimate of drug-likeness (QED) is 0.794. The van der Waals surface area contributed by atoms with Crippen LogP contribution in [0.2, 0.25) is 0 Å². The lowest BCUT2D eigenvalue weighted by Gasteiger charge is -2.02. The zero-order chi connectivity index (χ0) is 9.97. The van der Waals surface area contributed by atoms with Crippen LogP contribution in [0.4, 0.5) is 5.69 Å². The third-order valence-corrected chi connectivity index (χ3v) is 2.48. The van der Waals surface area contributed by atoms with Gasteiger partial charge in [0.1, 0.15) is 12.1 Å². The monoisotopic (exact) mass is 209 g/mol. The average molecular weight is 209 g/mol. The van der Waals surface area contributed by atoms with Gasteiger partial charge in [-0.2, -0.15) is 0 Å². The highest BCUT2D eigenvalue weighted by Crippen LogP contribution is 2.24. The smallest absolute Gasteiger partial charge is 0.322 e. The number of nitrogens with one attached hydrogen (secondary N) is 1. The Hall–Kier alpha value is -1.69. The summed E-state index contributed by atoms with van der Waals surface area (Å²) in [5.74, 6) is -0.889. The van der Waals surface area contributed by atoms with Gasteiger partial charge in [-0.05, 0) is 23.7 Å². The first-order valence-corrected chi connectivity index (χ1v) is 4.71. The number of carbonyl (C=O) groups is 1. The first-order valence-electron chi connectivity index (χ1n) is 3.94. The fraction of sp³-hybridized carbons (Fsp3) is 0.125. The summed E-state index contributed by atoms with van der Waals surface area (Å²) in [5.41, 5.74) is 1.55. The van der Waals surface area contributed by atoms with Crippen molar-refractivity contribution in [1.82, 2.24) is 9.59 Å². The van der Waals surface area contributed by atoms with E-state index < -0.39 is 5.97 Å². The molecule has 0 saturated heterocycles. The van der Waals surface area contributed by atoms with Crippen LogP contribution in [-0.4, -0.2) is 27.2 Å². The van der Waals surface area contributed by atoms with Gasteiger partial charge in [0.2, 0.25) is 0 Å². The minimum Gasteiger partial charge on any atom is -0.480 e. The molecular formula is C8H7N3O2S. The number of carboxylic acid groups (broad SMARTS) is 1. The second kappa shape index (κ2) is 3.59. The second-order valence-corrected chi connectivity index (χ2v) is 3.43. The Morgan fingerprint density at radius 2 is 2.43 bits per heavy atom. The summed E-state index contributed by atoms with van der Waals surface area (Å²) in [6.45, 7) is -0.100. The van der Waals surface area contributed by atoms with Gasteiger partial charge in [-0.1, -0.05) is 10.6 Å². The highest BCUT2D eigenvalue weighted by atomic mass is 32.1. The van der Waals surface area contributed by atoms with E-state index in [1.807, 2.05) is 18.2 Å². The largest absolute Gasteiger partial charge is 0.480 e. The molecule has 2 N–H and O–H groups in total. The van der Waals surface area contributed by atoms with Crippen LogP contribution in [0.1, 0.15) is 0 Å². The predicted molar refractivity (Wildman–Crippen MR) is 53.5 cm³/mol. The van der Waals surface area contributed by atoms with E-state index in [1.54, 1.807) is 0 Å². The normalized spacial score (nSPS) is 10.3. The first-order chi connectivity index (χ1) is 6.77. The molecule has 0 saturated carbocycles. The summed E-state index contributed by atoms with van der Waals surface area (Å²) in [6.07, 6.45) is 0. The number of aromatic nitrogens is 2. The lowest BCUT2D eigenvalue weighted by atomic mass is 10.3. The van der Waals surface area contributed by atoms with E-state index in [-0.39, 0.29) is 6.54 Å². The molecule has 72 valence electrons. The second-order valence-electron chi connectivity index (χ2n) is 2.67. The van der Waals surface area contributed by atoms with Gasteiger partial charge in [0, 0.05) is 0 Å². The SMILES string of the molecule is O=C(O)CNc1cccc2nnsc12. The Bertz CT molecular complexity index is 468. The molecule has 0 spiro atoms. The van der Waals surface area contributed by atoms with Gasteiger partial charge in [0.15, 0.2) is 0 Å². The maximum atomic E-state index is 10.4. The predicted octanol–water partition coefficient (Wildman–Crippen LogP) is 1.19. The molecule has 0 fully saturated rings. The summed E-state index contributed by atoms with van der Waals surface area (Å²) in [7, 11) is 0. The van der Waals surface area contributed by atoms with E-state index in [0.717, 1.165) is 15.9 Å². The molecular weight excluding hydrogens is 202 g/mol. The zero-order valence-corrected chi connectivity index (χ0v) is 7.91. The highest BCUT2D eigenvalue weighted by Gasteiger charge is 2.04. The molecule has 6 heteroatoms. The van der Waals surface area contributed by atoms with Crippen LogP contribution in [0.15, 0.2) is 18.2 Å². The van der Waals surface area contributed by atoms with Crippen LogP contribution in [0.25, 0.3) is 10.2 Å². The number of fused-ring (bicyclic) bond motifs is 1. The van der Waals surface area contributed by atoms with Crippen LogP contribution in [0.5, 0.6) is 0 Å².